The Morgan fingerprint density at radius 2 is 2.14 bits per heavy atom. The summed E-state index contributed by atoms with van der Waals surface area (Å²) in [5, 5.41) is 10.2. The summed E-state index contributed by atoms with van der Waals surface area (Å²) in [4.78, 5) is 13.6. The second kappa shape index (κ2) is 3.87. The van der Waals surface area contributed by atoms with E-state index in [-0.39, 0.29) is 12.0 Å². The summed E-state index contributed by atoms with van der Waals surface area (Å²) in [7, 11) is 3.31. The third-order valence-corrected chi connectivity index (χ3v) is 3.28. The number of piperidine rings is 1. The smallest absolute Gasteiger partial charge is 0.338 e. The average Bonchev–Trinajstić information content (AvgIpc) is 2.13. The van der Waals surface area contributed by atoms with Gasteiger partial charge in [-0.3, -0.25) is 0 Å². The van der Waals surface area contributed by atoms with Crippen molar-refractivity contribution in [3.63, 3.8) is 0 Å². The molecule has 0 unspecified atom stereocenters. The monoisotopic (exact) mass is 201 g/mol. The SMILES string of the molecule is COC(=O)[C@]1(O)C[C@@H](C)N(C)C[C@@H]1C. The van der Waals surface area contributed by atoms with Gasteiger partial charge in [-0.25, -0.2) is 4.79 Å². The lowest BCUT2D eigenvalue weighted by atomic mass is 9.79. The van der Waals surface area contributed by atoms with Crippen molar-refractivity contribution in [3.05, 3.63) is 0 Å². The van der Waals surface area contributed by atoms with Crippen LogP contribution in [0.25, 0.3) is 0 Å². The molecule has 0 bridgehead atoms. The highest BCUT2D eigenvalue weighted by molar-refractivity contribution is 5.79. The first-order valence-electron chi connectivity index (χ1n) is 4.93. The fourth-order valence-electron chi connectivity index (χ4n) is 2.03. The van der Waals surface area contributed by atoms with Crippen LogP contribution in [0.1, 0.15) is 20.3 Å². The standard InChI is InChI=1S/C10H19NO3/c1-7-6-11(3)8(2)5-10(7,13)9(12)14-4/h7-8,13H,5-6H2,1-4H3/t7-,8+,10-/m0/s1. The van der Waals surface area contributed by atoms with Gasteiger partial charge >= 0.3 is 5.97 Å². The molecule has 1 aliphatic rings. The molecule has 0 aromatic heterocycles. The Kier molecular flexibility index (Phi) is 3.17. The van der Waals surface area contributed by atoms with Gasteiger partial charge in [-0.1, -0.05) is 6.92 Å². The first-order chi connectivity index (χ1) is 6.41. The Morgan fingerprint density at radius 1 is 1.57 bits per heavy atom. The summed E-state index contributed by atoms with van der Waals surface area (Å²) < 4.78 is 4.64. The number of ether oxygens (including phenoxy) is 1. The van der Waals surface area contributed by atoms with Gasteiger partial charge in [-0.05, 0) is 14.0 Å². The molecule has 0 saturated carbocycles. The van der Waals surface area contributed by atoms with E-state index in [1.54, 1.807) is 0 Å². The maximum atomic E-state index is 11.5. The molecule has 1 N–H and O–H groups in total. The fraction of sp³-hybridized carbons (Fsp3) is 0.900. The molecule has 0 aliphatic carbocycles. The lowest BCUT2D eigenvalue weighted by Gasteiger charge is -2.43. The van der Waals surface area contributed by atoms with Crippen molar-refractivity contribution in [1.29, 1.82) is 0 Å². The van der Waals surface area contributed by atoms with Crippen LogP contribution in [0, 0.1) is 5.92 Å². The molecule has 0 aromatic rings. The summed E-state index contributed by atoms with van der Waals surface area (Å²) in [6, 6.07) is 0.204. The zero-order valence-corrected chi connectivity index (χ0v) is 9.28. The molecule has 82 valence electrons. The highest BCUT2D eigenvalue weighted by Gasteiger charge is 2.47. The number of carbonyl (C=O) groups excluding carboxylic acids is 1. The van der Waals surface area contributed by atoms with Gasteiger partial charge in [-0.2, -0.15) is 0 Å². The zero-order chi connectivity index (χ0) is 10.9. The maximum absolute atomic E-state index is 11.5. The minimum atomic E-state index is -1.30. The number of esters is 1. The number of methoxy groups -OCH3 is 1. The molecule has 3 atom stereocenters. The number of hydrogen-bond acceptors (Lipinski definition) is 4. The quantitative estimate of drug-likeness (QED) is 0.618. The molecule has 4 nitrogen and oxygen atoms in total. The van der Waals surface area contributed by atoms with Gasteiger partial charge in [0.1, 0.15) is 0 Å². The molecular formula is C10H19NO3. The van der Waals surface area contributed by atoms with Gasteiger partial charge in [0.15, 0.2) is 5.60 Å². The number of nitrogens with zero attached hydrogens (tertiary/aromatic N) is 1. The van der Waals surface area contributed by atoms with Crippen molar-refractivity contribution in [2.24, 2.45) is 5.92 Å². The van der Waals surface area contributed by atoms with Gasteiger partial charge in [0.2, 0.25) is 0 Å². The van der Waals surface area contributed by atoms with Gasteiger partial charge in [0.25, 0.3) is 0 Å². The largest absolute Gasteiger partial charge is 0.467 e. The molecule has 1 saturated heterocycles. The molecule has 1 heterocycles. The zero-order valence-electron chi connectivity index (χ0n) is 9.28. The minimum Gasteiger partial charge on any atom is -0.467 e. The summed E-state index contributed by atoms with van der Waals surface area (Å²) >= 11 is 0. The lowest BCUT2D eigenvalue weighted by Crippen LogP contribution is -2.57. The van der Waals surface area contributed by atoms with E-state index in [9.17, 15) is 9.90 Å². The fourth-order valence-corrected chi connectivity index (χ4v) is 2.03. The normalized spacial score (nSPS) is 39.5. The van der Waals surface area contributed by atoms with Crippen LogP contribution < -0.4 is 0 Å². The van der Waals surface area contributed by atoms with E-state index in [0.29, 0.717) is 13.0 Å². The minimum absolute atomic E-state index is 0.0869. The molecule has 0 radical (unpaired) electrons. The van der Waals surface area contributed by atoms with Gasteiger partial charge in [0, 0.05) is 24.9 Å². The number of hydrogen-bond donors (Lipinski definition) is 1. The third kappa shape index (κ3) is 1.77. The summed E-state index contributed by atoms with van der Waals surface area (Å²) in [6.07, 6.45) is 0.442. The molecule has 1 rings (SSSR count). The number of rotatable bonds is 1. The van der Waals surface area contributed by atoms with Crippen LogP contribution in [0.4, 0.5) is 0 Å². The Bertz CT molecular complexity index is 231. The molecule has 0 spiro atoms. The van der Waals surface area contributed by atoms with Crippen molar-refractivity contribution in [2.75, 3.05) is 20.7 Å². The highest BCUT2D eigenvalue weighted by Crippen LogP contribution is 2.31. The highest BCUT2D eigenvalue weighted by atomic mass is 16.5. The van der Waals surface area contributed by atoms with Crippen LogP contribution in [0.5, 0.6) is 0 Å². The summed E-state index contributed by atoms with van der Waals surface area (Å²) in [6.45, 7) is 4.59. The van der Waals surface area contributed by atoms with E-state index < -0.39 is 11.6 Å². The van der Waals surface area contributed by atoms with E-state index in [0.717, 1.165) is 0 Å². The molecule has 4 heteroatoms. The van der Waals surface area contributed by atoms with Crippen molar-refractivity contribution in [2.45, 2.75) is 31.9 Å². The Hall–Kier alpha value is -0.610. The van der Waals surface area contributed by atoms with Gasteiger partial charge < -0.3 is 14.7 Å². The van der Waals surface area contributed by atoms with Crippen LogP contribution in [0.15, 0.2) is 0 Å². The van der Waals surface area contributed by atoms with Crippen LogP contribution in [0.2, 0.25) is 0 Å². The van der Waals surface area contributed by atoms with Crippen molar-refractivity contribution >= 4 is 5.97 Å². The number of likely N-dealkylation sites (tertiary alicyclic amines) is 1. The summed E-state index contributed by atoms with van der Waals surface area (Å²) in [5.41, 5.74) is -1.30. The van der Waals surface area contributed by atoms with E-state index in [1.165, 1.54) is 7.11 Å². The van der Waals surface area contributed by atoms with Crippen LogP contribution in [-0.4, -0.2) is 48.3 Å². The number of carbonyl (C=O) groups is 1. The van der Waals surface area contributed by atoms with Crippen molar-refractivity contribution in [3.8, 4) is 0 Å². The average molecular weight is 201 g/mol. The Balaban J connectivity index is 2.83. The third-order valence-electron chi connectivity index (χ3n) is 3.28. The molecule has 0 amide bonds. The lowest BCUT2D eigenvalue weighted by molar-refractivity contribution is -0.176. The van der Waals surface area contributed by atoms with E-state index in [1.807, 2.05) is 20.9 Å². The first-order valence-corrected chi connectivity index (χ1v) is 4.93. The Morgan fingerprint density at radius 3 is 2.64 bits per heavy atom. The van der Waals surface area contributed by atoms with Crippen LogP contribution >= 0.6 is 0 Å². The van der Waals surface area contributed by atoms with Gasteiger partial charge in [-0.15, -0.1) is 0 Å². The van der Waals surface area contributed by atoms with Gasteiger partial charge in [0.05, 0.1) is 7.11 Å². The second-order valence-electron chi connectivity index (χ2n) is 4.31. The Labute approximate surface area is 84.8 Å². The topological polar surface area (TPSA) is 49.8 Å². The van der Waals surface area contributed by atoms with E-state index >= 15 is 0 Å². The molecule has 14 heavy (non-hydrogen) atoms. The predicted octanol–water partition coefficient (Wildman–Crippen LogP) is 0.251. The molecule has 0 aromatic carbocycles. The van der Waals surface area contributed by atoms with Crippen molar-refractivity contribution in [1.82, 2.24) is 4.90 Å². The van der Waals surface area contributed by atoms with E-state index in [2.05, 4.69) is 9.64 Å². The maximum Gasteiger partial charge on any atom is 0.338 e. The summed E-state index contributed by atoms with van der Waals surface area (Å²) in [5.74, 6) is -0.596. The van der Waals surface area contributed by atoms with Crippen LogP contribution in [0.3, 0.4) is 0 Å². The first kappa shape index (κ1) is 11.5. The molecular weight excluding hydrogens is 182 g/mol. The van der Waals surface area contributed by atoms with Crippen LogP contribution in [-0.2, 0) is 9.53 Å². The van der Waals surface area contributed by atoms with E-state index in [4.69, 9.17) is 0 Å². The predicted molar refractivity (Wildman–Crippen MR) is 52.8 cm³/mol. The molecule has 1 fully saturated rings. The second-order valence-corrected chi connectivity index (χ2v) is 4.31. The molecule has 1 aliphatic heterocycles. The van der Waals surface area contributed by atoms with Crippen molar-refractivity contribution < 1.29 is 14.6 Å². The number of aliphatic hydroxyl groups is 1.